The van der Waals surface area contributed by atoms with Crippen molar-refractivity contribution in [3.63, 3.8) is 0 Å². The van der Waals surface area contributed by atoms with Crippen LogP contribution < -0.4 is 10.0 Å². The van der Waals surface area contributed by atoms with Gasteiger partial charge in [-0.15, -0.1) is 0 Å². The van der Waals surface area contributed by atoms with Gasteiger partial charge in [0.25, 0.3) is 0 Å². The van der Waals surface area contributed by atoms with Crippen LogP contribution in [0.1, 0.15) is 38.7 Å². The van der Waals surface area contributed by atoms with Crippen molar-refractivity contribution in [2.75, 3.05) is 11.9 Å². The first-order chi connectivity index (χ1) is 14.7. The molecule has 0 saturated carbocycles. The van der Waals surface area contributed by atoms with Crippen molar-refractivity contribution in [2.24, 2.45) is 0 Å². The first-order valence-electron chi connectivity index (χ1n) is 10.1. The molecule has 2 rings (SSSR count). The Morgan fingerprint density at radius 2 is 1.74 bits per heavy atom. The predicted octanol–water partition coefficient (Wildman–Crippen LogP) is 4.83. The Morgan fingerprint density at radius 1 is 1.10 bits per heavy atom. The molecule has 0 saturated heterocycles. The standard InChI is InChI=1S/C22H27BrN2O4S2/c1-3-5-6-20(25-31(27,28)19-13-9-17(23)10-14-19)22(30)24-18-11-7-16(8-12-18)15-21(26)29-4-2/h7-14,20,25H,3-6,15H2,1-2H3,(H,24,30). The van der Waals surface area contributed by atoms with Crippen molar-refractivity contribution in [3.8, 4) is 0 Å². The normalized spacial score (nSPS) is 12.2. The molecule has 168 valence electrons. The molecule has 1 unspecified atom stereocenters. The summed E-state index contributed by atoms with van der Waals surface area (Å²) in [5.41, 5.74) is 1.55. The summed E-state index contributed by atoms with van der Waals surface area (Å²) in [6.07, 6.45) is 2.53. The molecule has 0 aliphatic heterocycles. The maximum atomic E-state index is 12.8. The Labute approximate surface area is 197 Å². The Hall–Kier alpha value is -1.81. The van der Waals surface area contributed by atoms with E-state index in [1.165, 1.54) is 0 Å². The van der Waals surface area contributed by atoms with Crippen LogP contribution >= 0.6 is 28.1 Å². The van der Waals surface area contributed by atoms with Gasteiger partial charge in [-0.1, -0.05) is 60.0 Å². The number of unbranched alkanes of at least 4 members (excludes halogenated alkanes) is 1. The number of carbonyl (C=O) groups is 1. The van der Waals surface area contributed by atoms with Gasteiger partial charge in [-0.05, 0) is 55.3 Å². The highest BCUT2D eigenvalue weighted by molar-refractivity contribution is 9.10. The van der Waals surface area contributed by atoms with Gasteiger partial charge in [-0.25, -0.2) is 13.1 Å². The van der Waals surface area contributed by atoms with Gasteiger partial charge in [0.1, 0.15) is 0 Å². The molecule has 0 bridgehead atoms. The molecule has 0 aliphatic rings. The Balaban J connectivity index is 2.08. The number of thiocarbonyl (C=S) groups is 1. The second-order valence-corrected chi connectivity index (χ2v) is 10.0. The quantitative estimate of drug-likeness (QED) is 0.322. The van der Waals surface area contributed by atoms with Gasteiger partial charge in [-0.2, -0.15) is 0 Å². The Kier molecular flexibility index (Phi) is 10.1. The molecule has 0 heterocycles. The van der Waals surface area contributed by atoms with Crippen LogP contribution in [0.15, 0.2) is 57.9 Å². The number of rotatable bonds is 11. The van der Waals surface area contributed by atoms with Gasteiger partial charge >= 0.3 is 5.97 Å². The van der Waals surface area contributed by atoms with E-state index in [1.54, 1.807) is 43.3 Å². The van der Waals surface area contributed by atoms with Crippen LogP contribution in [0.4, 0.5) is 5.69 Å². The molecule has 0 aliphatic carbocycles. The average molecular weight is 528 g/mol. The minimum atomic E-state index is -3.72. The molecule has 1 atom stereocenters. The topological polar surface area (TPSA) is 84.5 Å². The molecule has 31 heavy (non-hydrogen) atoms. The summed E-state index contributed by atoms with van der Waals surface area (Å²) in [5.74, 6) is -0.277. The second-order valence-electron chi connectivity index (χ2n) is 6.94. The molecular formula is C22H27BrN2O4S2. The summed E-state index contributed by atoms with van der Waals surface area (Å²) in [4.78, 5) is 12.2. The largest absolute Gasteiger partial charge is 0.466 e. The van der Waals surface area contributed by atoms with Crippen molar-refractivity contribution < 1.29 is 17.9 Å². The van der Waals surface area contributed by atoms with E-state index in [4.69, 9.17) is 17.0 Å². The maximum Gasteiger partial charge on any atom is 0.310 e. The van der Waals surface area contributed by atoms with Gasteiger partial charge in [0, 0.05) is 10.2 Å². The molecular weight excluding hydrogens is 500 g/mol. The molecule has 6 nitrogen and oxygen atoms in total. The van der Waals surface area contributed by atoms with Crippen molar-refractivity contribution in [2.45, 2.75) is 50.5 Å². The number of ether oxygens (including phenoxy) is 1. The van der Waals surface area contributed by atoms with Crippen LogP contribution in [0, 0.1) is 0 Å². The second kappa shape index (κ2) is 12.3. The van der Waals surface area contributed by atoms with Gasteiger partial charge in [-0.3, -0.25) is 4.79 Å². The van der Waals surface area contributed by atoms with E-state index in [0.717, 1.165) is 28.6 Å². The van der Waals surface area contributed by atoms with Crippen LogP contribution in [0.25, 0.3) is 0 Å². The van der Waals surface area contributed by atoms with Crippen LogP contribution in [-0.4, -0.2) is 32.0 Å². The average Bonchev–Trinajstić information content (AvgIpc) is 2.73. The van der Waals surface area contributed by atoms with E-state index in [2.05, 4.69) is 26.0 Å². The fourth-order valence-electron chi connectivity index (χ4n) is 2.83. The number of nitrogens with one attached hydrogen (secondary N) is 2. The van der Waals surface area contributed by atoms with Crippen LogP contribution in [0.3, 0.4) is 0 Å². The third kappa shape index (κ3) is 8.33. The Morgan fingerprint density at radius 3 is 2.32 bits per heavy atom. The van der Waals surface area contributed by atoms with E-state index in [9.17, 15) is 13.2 Å². The maximum absolute atomic E-state index is 12.8. The Bertz CT molecular complexity index is 978. The SMILES string of the molecule is CCCCC(NS(=O)(=O)c1ccc(Br)cc1)C(=S)Nc1ccc(CC(=O)OCC)cc1. The monoisotopic (exact) mass is 526 g/mol. The summed E-state index contributed by atoms with van der Waals surface area (Å²) in [6.45, 7) is 4.16. The number of esters is 1. The lowest BCUT2D eigenvalue weighted by Gasteiger charge is -2.21. The molecule has 2 aromatic rings. The van der Waals surface area contributed by atoms with Crippen LogP contribution in [0.5, 0.6) is 0 Å². The van der Waals surface area contributed by atoms with E-state index < -0.39 is 16.1 Å². The van der Waals surface area contributed by atoms with Crippen LogP contribution in [0.2, 0.25) is 0 Å². The lowest BCUT2D eigenvalue weighted by Crippen LogP contribution is -2.42. The lowest BCUT2D eigenvalue weighted by molar-refractivity contribution is -0.142. The molecule has 2 N–H and O–H groups in total. The predicted molar refractivity (Wildman–Crippen MR) is 131 cm³/mol. The fourth-order valence-corrected chi connectivity index (χ4v) is 4.71. The molecule has 2 aromatic carbocycles. The zero-order chi connectivity index (χ0) is 22.9. The van der Waals surface area contributed by atoms with Gasteiger partial charge < -0.3 is 10.1 Å². The van der Waals surface area contributed by atoms with Gasteiger partial charge in [0.15, 0.2) is 0 Å². The molecule has 0 radical (unpaired) electrons. The first-order valence-corrected chi connectivity index (χ1v) is 12.8. The summed E-state index contributed by atoms with van der Waals surface area (Å²) < 4.78 is 34.1. The number of hydrogen-bond donors (Lipinski definition) is 2. The minimum Gasteiger partial charge on any atom is -0.466 e. The fraction of sp³-hybridized carbons (Fsp3) is 0.364. The highest BCUT2D eigenvalue weighted by atomic mass is 79.9. The van der Waals surface area contributed by atoms with Gasteiger partial charge in [0.05, 0.1) is 29.0 Å². The van der Waals surface area contributed by atoms with Crippen LogP contribution in [-0.2, 0) is 26.0 Å². The summed E-state index contributed by atoms with van der Waals surface area (Å²) in [5, 5.41) is 3.12. The highest BCUT2D eigenvalue weighted by Gasteiger charge is 2.23. The molecule has 0 fully saturated rings. The van der Waals surface area contributed by atoms with Crippen molar-refractivity contribution in [3.05, 3.63) is 58.6 Å². The molecule has 0 amide bonds. The zero-order valence-corrected chi connectivity index (χ0v) is 20.8. The number of anilines is 1. The summed E-state index contributed by atoms with van der Waals surface area (Å²) in [6, 6.07) is 13.2. The number of halogens is 1. The third-order valence-corrected chi connectivity index (χ3v) is 6.86. The lowest BCUT2D eigenvalue weighted by atomic mass is 10.1. The van der Waals surface area contributed by atoms with E-state index in [1.807, 2.05) is 19.1 Å². The number of hydrogen-bond acceptors (Lipinski definition) is 5. The van der Waals surface area contributed by atoms with Crippen molar-refractivity contribution >= 4 is 54.8 Å². The third-order valence-electron chi connectivity index (χ3n) is 4.46. The van der Waals surface area contributed by atoms with Gasteiger partial charge in [0.2, 0.25) is 10.0 Å². The first kappa shape index (κ1) is 25.5. The number of sulfonamides is 1. The van der Waals surface area contributed by atoms with Crippen molar-refractivity contribution in [1.82, 2.24) is 4.72 Å². The zero-order valence-electron chi connectivity index (χ0n) is 17.6. The number of carbonyl (C=O) groups excluding carboxylic acids is 1. The summed E-state index contributed by atoms with van der Waals surface area (Å²) in [7, 11) is -3.72. The van der Waals surface area contributed by atoms with E-state index in [-0.39, 0.29) is 17.3 Å². The smallest absolute Gasteiger partial charge is 0.310 e. The van der Waals surface area contributed by atoms with E-state index in [0.29, 0.717) is 18.0 Å². The minimum absolute atomic E-state index is 0.184. The molecule has 0 aromatic heterocycles. The summed E-state index contributed by atoms with van der Waals surface area (Å²) >= 11 is 8.84. The van der Waals surface area contributed by atoms with Crippen molar-refractivity contribution in [1.29, 1.82) is 0 Å². The number of benzene rings is 2. The molecule has 9 heteroatoms. The highest BCUT2D eigenvalue weighted by Crippen LogP contribution is 2.17. The van der Waals surface area contributed by atoms with E-state index >= 15 is 0 Å². The molecule has 0 spiro atoms.